The van der Waals surface area contributed by atoms with Gasteiger partial charge in [-0.3, -0.25) is 0 Å². The number of benzene rings is 2. The lowest BCUT2D eigenvalue weighted by molar-refractivity contribution is 0.0540. The molecule has 0 aliphatic heterocycles. The van der Waals surface area contributed by atoms with Gasteiger partial charge < -0.3 is 5.11 Å². The summed E-state index contributed by atoms with van der Waals surface area (Å²) in [5.74, 6) is -2.86. The van der Waals surface area contributed by atoms with Gasteiger partial charge in [-0.05, 0) is 34.9 Å². The normalized spacial score (nSPS) is 19.0. The van der Waals surface area contributed by atoms with Gasteiger partial charge in [-0.2, -0.15) is 0 Å². The molecule has 0 saturated heterocycles. The van der Waals surface area contributed by atoms with Crippen LogP contribution in [0.4, 0.5) is 8.78 Å². The molecule has 0 heterocycles. The van der Waals surface area contributed by atoms with E-state index in [1.54, 1.807) is 24.3 Å². The van der Waals surface area contributed by atoms with E-state index in [2.05, 4.69) is 15.9 Å². The number of alkyl halides is 2. The van der Waals surface area contributed by atoms with Crippen molar-refractivity contribution in [2.45, 2.75) is 17.9 Å². The molecule has 1 atom stereocenters. The second-order valence-corrected chi connectivity index (χ2v) is 6.46. The Morgan fingerprint density at radius 1 is 1.00 bits per heavy atom. The fourth-order valence-electron chi connectivity index (χ4n) is 2.76. The van der Waals surface area contributed by atoms with Gasteiger partial charge in [0, 0.05) is 10.9 Å². The number of halogens is 3. The molecular formula is C19H15BrF2O. The third-order valence-electron chi connectivity index (χ3n) is 3.95. The molecule has 1 aliphatic rings. The van der Waals surface area contributed by atoms with E-state index in [0.717, 1.165) is 10.5 Å². The molecule has 1 unspecified atom stereocenters. The second-order valence-electron chi connectivity index (χ2n) is 5.54. The standard InChI is InChI=1S/C19H15BrF2O/c20-17-8-4-7-16(13-17)19(23,14-5-2-1-3-6-14)15-9-11-18(21,22)12-10-15/h1-11,13,23H,12H2. The van der Waals surface area contributed by atoms with E-state index in [-0.39, 0.29) is 0 Å². The number of aliphatic hydroxyl groups is 1. The molecule has 0 radical (unpaired) electrons. The molecule has 23 heavy (non-hydrogen) atoms. The summed E-state index contributed by atoms with van der Waals surface area (Å²) in [6, 6.07) is 16.3. The van der Waals surface area contributed by atoms with Gasteiger partial charge in [-0.25, -0.2) is 8.78 Å². The van der Waals surface area contributed by atoms with Gasteiger partial charge in [-0.1, -0.05) is 70.5 Å². The summed E-state index contributed by atoms with van der Waals surface area (Å²) in [5.41, 5.74) is 0.240. The molecule has 3 rings (SSSR count). The first-order chi connectivity index (χ1) is 10.9. The molecule has 0 amide bonds. The van der Waals surface area contributed by atoms with Crippen molar-refractivity contribution in [1.82, 2.24) is 0 Å². The Balaban J connectivity index is 2.16. The molecule has 4 heteroatoms. The molecule has 1 aliphatic carbocycles. The first kappa shape index (κ1) is 16.1. The minimum atomic E-state index is -2.86. The Labute approximate surface area is 142 Å². The van der Waals surface area contributed by atoms with Crippen LogP contribution < -0.4 is 0 Å². The zero-order valence-electron chi connectivity index (χ0n) is 12.2. The molecule has 2 aromatic rings. The van der Waals surface area contributed by atoms with Gasteiger partial charge in [0.2, 0.25) is 0 Å². The molecule has 2 aromatic carbocycles. The second kappa shape index (κ2) is 6.02. The number of hydrogen-bond acceptors (Lipinski definition) is 1. The molecule has 0 fully saturated rings. The molecular weight excluding hydrogens is 362 g/mol. The van der Waals surface area contributed by atoms with Crippen molar-refractivity contribution in [1.29, 1.82) is 0 Å². The van der Waals surface area contributed by atoms with Crippen molar-refractivity contribution in [3.63, 3.8) is 0 Å². The van der Waals surface area contributed by atoms with Crippen LogP contribution in [0.1, 0.15) is 17.5 Å². The first-order valence-corrected chi connectivity index (χ1v) is 8.03. The molecule has 0 aromatic heterocycles. The highest BCUT2D eigenvalue weighted by Gasteiger charge is 2.38. The molecule has 0 saturated carbocycles. The van der Waals surface area contributed by atoms with Crippen LogP contribution >= 0.6 is 15.9 Å². The van der Waals surface area contributed by atoms with Crippen molar-refractivity contribution >= 4 is 15.9 Å². The predicted molar refractivity (Wildman–Crippen MR) is 90.4 cm³/mol. The monoisotopic (exact) mass is 376 g/mol. The minimum absolute atomic E-state index is 0.415. The fourth-order valence-corrected chi connectivity index (χ4v) is 3.15. The maximum Gasteiger partial charge on any atom is 0.270 e. The van der Waals surface area contributed by atoms with E-state index < -0.39 is 17.9 Å². The Kier molecular flexibility index (Phi) is 4.21. The lowest BCUT2D eigenvalue weighted by Crippen LogP contribution is -2.31. The molecule has 0 bridgehead atoms. The topological polar surface area (TPSA) is 20.2 Å². The van der Waals surface area contributed by atoms with E-state index in [1.165, 1.54) is 12.2 Å². The first-order valence-electron chi connectivity index (χ1n) is 7.23. The Hall–Kier alpha value is -1.78. The smallest absolute Gasteiger partial charge is 0.270 e. The third-order valence-corrected chi connectivity index (χ3v) is 4.45. The summed E-state index contributed by atoms with van der Waals surface area (Å²) in [6.07, 6.45) is 3.17. The third kappa shape index (κ3) is 3.14. The van der Waals surface area contributed by atoms with Crippen LogP contribution in [0.15, 0.2) is 82.9 Å². The summed E-state index contributed by atoms with van der Waals surface area (Å²) in [6.45, 7) is 0. The van der Waals surface area contributed by atoms with E-state index in [4.69, 9.17) is 0 Å². The van der Waals surface area contributed by atoms with Crippen LogP contribution in [0.3, 0.4) is 0 Å². The van der Waals surface area contributed by atoms with E-state index in [9.17, 15) is 13.9 Å². The molecule has 118 valence electrons. The van der Waals surface area contributed by atoms with Crippen LogP contribution in [0.5, 0.6) is 0 Å². The van der Waals surface area contributed by atoms with Gasteiger partial charge >= 0.3 is 0 Å². The minimum Gasteiger partial charge on any atom is -0.376 e. The van der Waals surface area contributed by atoms with Crippen LogP contribution in [-0.2, 0) is 5.60 Å². The Bertz CT molecular complexity index is 768. The molecule has 1 N–H and O–H groups in total. The number of allylic oxidation sites excluding steroid dienone is 2. The predicted octanol–water partition coefficient (Wildman–Crippen LogP) is 5.21. The van der Waals surface area contributed by atoms with Crippen LogP contribution in [0.2, 0.25) is 0 Å². The number of hydrogen-bond donors (Lipinski definition) is 1. The maximum atomic E-state index is 13.4. The van der Waals surface area contributed by atoms with Gasteiger partial charge in [0.1, 0.15) is 5.60 Å². The summed E-state index contributed by atoms with van der Waals surface area (Å²) in [7, 11) is 0. The van der Waals surface area contributed by atoms with Crippen molar-refractivity contribution in [2.24, 2.45) is 0 Å². The quantitative estimate of drug-likeness (QED) is 0.779. The van der Waals surface area contributed by atoms with Crippen molar-refractivity contribution in [2.75, 3.05) is 0 Å². The van der Waals surface area contributed by atoms with Crippen LogP contribution in [0, 0.1) is 0 Å². The summed E-state index contributed by atoms with van der Waals surface area (Å²) < 4.78 is 27.6. The lowest BCUT2D eigenvalue weighted by atomic mass is 9.78. The van der Waals surface area contributed by atoms with E-state index in [0.29, 0.717) is 16.7 Å². The Morgan fingerprint density at radius 2 is 1.70 bits per heavy atom. The maximum absolute atomic E-state index is 13.4. The summed E-state index contributed by atoms with van der Waals surface area (Å²) >= 11 is 3.40. The average Bonchev–Trinajstić information content (AvgIpc) is 2.55. The zero-order valence-corrected chi connectivity index (χ0v) is 13.8. The van der Waals surface area contributed by atoms with Crippen LogP contribution in [0.25, 0.3) is 0 Å². The van der Waals surface area contributed by atoms with Gasteiger partial charge in [0.05, 0.1) is 0 Å². The van der Waals surface area contributed by atoms with Crippen molar-refractivity contribution in [3.05, 3.63) is 94.0 Å². The van der Waals surface area contributed by atoms with Gasteiger partial charge in [-0.15, -0.1) is 0 Å². The van der Waals surface area contributed by atoms with Gasteiger partial charge in [0.15, 0.2) is 0 Å². The van der Waals surface area contributed by atoms with Gasteiger partial charge in [0.25, 0.3) is 5.92 Å². The van der Waals surface area contributed by atoms with Crippen molar-refractivity contribution in [3.8, 4) is 0 Å². The van der Waals surface area contributed by atoms with E-state index >= 15 is 0 Å². The fraction of sp³-hybridized carbons (Fsp3) is 0.158. The summed E-state index contributed by atoms with van der Waals surface area (Å²) in [5, 5.41) is 11.5. The number of rotatable bonds is 3. The summed E-state index contributed by atoms with van der Waals surface area (Å²) in [4.78, 5) is 0. The largest absolute Gasteiger partial charge is 0.376 e. The average molecular weight is 377 g/mol. The molecule has 1 nitrogen and oxygen atoms in total. The van der Waals surface area contributed by atoms with Crippen molar-refractivity contribution < 1.29 is 13.9 Å². The highest BCUT2D eigenvalue weighted by molar-refractivity contribution is 9.10. The van der Waals surface area contributed by atoms with E-state index in [1.807, 2.05) is 30.3 Å². The lowest BCUT2D eigenvalue weighted by Gasteiger charge is -2.33. The Morgan fingerprint density at radius 3 is 2.30 bits per heavy atom. The zero-order chi connectivity index (χ0) is 16.5. The van der Waals surface area contributed by atoms with Crippen LogP contribution in [-0.4, -0.2) is 11.0 Å². The SMILES string of the molecule is OC(C1=CCC(F)(F)C=C1)(c1ccccc1)c1cccc(Br)c1. The highest BCUT2D eigenvalue weighted by Crippen LogP contribution is 2.41. The highest BCUT2D eigenvalue weighted by atomic mass is 79.9. The molecule has 0 spiro atoms.